The smallest absolute Gasteiger partial charge is 0.137 e. The topological polar surface area (TPSA) is 50.9 Å². The van der Waals surface area contributed by atoms with E-state index in [-0.39, 0.29) is 11.3 Å². The average Bonchev–Trinajstić information content (AvgIpc) is 3.01. The molecule has 0 unspecified atom stereocenters. The normalized spacial score (nSPS) is 26.9. The molecule has 2 aromatic rings. The highest BCUT2D eigenvalue weighted by molar-refractivity contribution is 6.30. The lowest BCUT2D eigenvalue weighted by Gasteiger charge is -2.46. The van der Waals surface area contributed by atoms with Gasteiger partial charge in [0.1, 0.15) is 12.7 Å². The van der Waals surface area contributed by atoms with Crippen LogP contribution in [0.4, 0.5) is 0 Å². The number of halogens is 1. The molecule has 2 atom stereocenters. The fourth-order valence-corrected chi connectivity index (χ4v) is 4.17. The lowest BCUT2D eigenvalue weighted by atomic mass is 9.65. The van der Waals surface area contributed by atoms with E-state index in [9.17, 15) is 5.11 Å². The molecule has 4 nitrogen and oxygen atoms in total. The molecule has 0 saturated heterocycles. The summed E-state index contributed by atoms with van der Waals surface area (Å²) in [6.07, 6.45) is 8.43. The van der Waals surface area contributed by atoms with Crippen molar-refractivity contribution < 1.29 is 5.11 Å². The average molecular weight is 348 g/mol. The number of aliphatic hydroxyl groups is 1. The van der Waals surface area contributed by atoms with Gasteiger partial charge in [-0.3, -0.25) is 4.68 Å². The minimum Gasteiger partial charge on any atom is -0.387 e. The number of nitrogens with zero attached hydrogens (tertiary/aromatic N) is 3. The van der Waals surface area contributed by atoms with Crippen molar-refractivity contribution in [3.63, 3.8) is 0 Å². The van der Waals surface area contributed by atoms with Crippen LogP contribution in [0.3, 0.4) is 0 Å². The SMILES string of the molecule is CC1(C)CCCC[C@H](Cc2ccc(Cl)cc2)[C@]1(O)Cn1cncn1. The Morgan fingerprint density at radius 2 is 2.00 bits per heavy atom. The molecule has 0 bridgehead atoms. The van der Waals surface area contributed by atoms with Crippen molar-refractivity contribution in [2.45, 2.75) is 58.1 Å². The first-order chi connectivity index (χ1) is 11.4. The van der Waals surface area contributed by atoms with Crippen LogP contribution in [0.5, 0.6) is 0 Å². The molecule has 3 rings (SSSR count). The number of benzene rings is 1. The van der Waals surface area contributed by atoms with Gasteiger partial charge in [0.15, 0.2) is 0 Å². The zero-order valence-electron chi connectivity index (χ0n) is 14.5. The van der Waals surface area contributed by atoms with Crippen LogP contribution in [0.1, 0.15) is 45.1 Å². The minimum atomic E-state index is -0.823. The third-order valence-corrected chi connectivity index (χ3v) is 5.97. The number of hydrogen-bond acceptors (Lipinski definition) is 3. The Morgan fingerprint density at radius 3 is 2.67 bits per heavy atom. The van der Waals surface area contributed by atoms with E-state index < -0.39 is 5.60 Å². The van der Waals surface area contributed by atoms with Crippen LogP contribution in [0.15, 0.2) is 36.9 Å². The molecule has 1 aliphatic rings. The van der Waals surface area contributed by atoms with E-state index in [4.69, 9.17) is 11.6 Å². The molecule has 5 heteroatoms. The van der Waals surface area contributed by atoms with Crippen molar-refractivity contribution in [2.75, 3.05) is 0 Å². The first-order valence-corrected chi connectivity index (χ1v) is 9.08. The van der Waals surface area contributed by atoms with Crippen LogP contribution in [-0.2, 0) is 13.0 Å². The van der Waals surface area contributed by atoms with Crippen LogP contribution in [0.2, 0.25) is 5.02 Å². The van der Waals surface area contributed by atoms with Gasteiger partial charge in [0.25, 0.3) is 0 Å². The van der Waals surface area contributed by atoms with E-state index in [2.05, 4.69) is 36.1 Å². The van der Waals surface area contributed by atoms with Gasteiger partial charge in [-0.15, -0.1) is 0 Å². The molecule has 1 aromatic carbocycles. The molecule has 24 heavy (non-hydrogen) atoms. The molecule has 1 heterocycles. The fraction of sp³-hybridized carbons (Fsp3) is 0.579. The highest BCUT2D eigenvalue weighted by Gasteiger charge is 2.50. The summed E-state index contributed by atoms with van der Waals surface area (Å²) in [5.41, 5.74) is 0.225. The van der Waals surface area contributed by atoms with Crippen molar-refractivity contribution in [1.82, 2.24) is 14.8 Å². The Hall–Kier alpha value is -1.39. The second-order valence-corrected chi connectivity index (χ2v) is 8.11. The maximum absolute atomic E-state index is 11.8. The second kappa shape index (κ2) is 6.85. The highest BCUT2D eigenvalue weighted by Crippen LogP contribution is 2.47. The standard InChI is InChI=1S/C19H26ClN3O/c1-18(2)10-4-3-5-16(11-15-6-8-17(20)9-7-15)19(18,24)12-23-14-21-13-22-23/h6-9,13-14,16,24H,3-5,10-12H2,1-2H3/t16-,19-/m1/s1. The lowest BCUT2D eigenvalue weighted by molar-refractivity contribution is -0.124. The summed E-state index contributed by atoms with van der Waals surface area (Å²) in [6.45, 7) is 4.85. The molecular weight excluding hydrogens is 322 g/mol. The summed E-state index contributed by atoms with van der Waals surface area (Å²) in [6, 6.07) is 7.98. The molecule has 1 aliphatic carbocycles. The quantitative estimate of drug-likeness (QED) is 0.846. The second-order valence-electron chi connectivity index (χ2n) is 7.67. The molecule has 0 radical (unpaired) electrons. The molecule has 1 saturated carbocycles. The van der Waals surface area contributed by atoms with E-state index >= 15 is 0 Å². The maximum Gasteiger partial charge on any atom is 0.137 e. The van der Waals surface area contributed by atoms with Crippen LogP contribution < -0.4 is 0 Å². The summed E-state index contributed by atoms with van der Waals surface area (Å²) >= 11 is 6.01. The van der Waals surface area contributed by atoms with Gasteiger partial charge in [0.05, 0.1) is 12.1 Å². The third-order valence-electron chi connectivity index (χ3n) is 5.72. The maximum atomic E-state index is 11.8. The van der Waals surface area contributed by atoms with E-state index in [1.807, 2.05) is 12.1 Å². The van der Waals surface area contributed by atoms with Gasteiger partial charge in [-0.1, -0.05) is 50.4 Å². The number of rotatable bonds is 4. The van der Waals surface area contributed by atoms with Gasteiger partial charge in [0, 0.05) is 5.02 Å². The van der Waals surface area contributed by atoms with E-state index in [1.54, 1.807) is 11.0 Å². The first kappa shape index (κ1) is 17.4. The molecule has 0 aliphatic heterocycles. The summed E-state index contributed by atoms with van der Waals surface area (Å²) in [5.74, 6) is 0.181. The molecule has 1 aromatic heterocycles. The zero-order chi connectivity index (χ0) is 17.2. The zero-order valence-corrected chi connectivity index (χ0v) is 15.2. The lowest BCUT2D eigenvalue weighted by Crippen LogP contribution is -2.53. The number of aromatic nitrogens is 3. The monoisotopic (exact) mass is 347 g/mol. The van der Waals surface area contributed by atoms with Crippen LogP contribution in [-0.4, -0.2) is 25.5 Å². The number of hydrogen-bond donors (Lipinski definition) is 1. The third kappa shape index (κ3) is 3.50. The Balaban J connectivity index is 1.91. The van der Waals surface area contributed by atoms with Gasteiger partial charge in [-0.2, -0.15) is 5.10 Å². The van der Waals surface area contributed by atoms with Crippen molar-refractivity contribution in [3.8, 4) is 0 Å². The Morgan fingerprint density at radius 1 is 1.25 bits per heavy atom. The van der Waals surface area contributed by atoms with Crippen molar-refractivity contribution in [3.05, 3.63) is 47.5 Å². The van der Waals surface area contributed by atoms with E-state index in [0.717, 1.165) is 37.1 Å². The fourth-order valence-electron chi connectivity index (χ4n) is 4.05. The molecule has 0 spiro atoms. The molecule has 1 N–H and O–H groups in total. The van der Waals surface area contributed by atoms with E-state index in [1.165, 1.54) is 11.9 Å². The van der Waals surface area contributed by atoms with Gasteiger partial charge in [-0.25, -0.2) is 4.98 Å². The summed E-state index contributed by atoms with van der Waals surface area (Å²) < 4.78 is 1.77. The van der Waals surface area contributed by atoms with Gasteiger partial charge < -0.3 is 5.11 Å². The Bertz CT molecular complexity index is 654. The van der Waals surface area contributed by atoms with Gasteiger partial charge in [-0.05, 0) is 48.3 Å². The first-order valence-electron chi connectivity index (χ1n) is 8.70. The largest absolute Gasteiger partial charge is 0.387 e. The Labute approximate surface area is 148 Å². The molecule has 0 amide bonds. The Kier molecular flexibility index (Phi) is 4.97. The van der Waals surface area contributed by atoms with Crippen LogP contribution in [0, 0.1) is 11.3 Å². The predicted octanol–water partition coefficient (Wildman–Crippen LogP) is 4.12. The van der Waals surface area contributed by atoms with Crippen molar-refractivity contribution in [2.24, 2.45) is 11.3 Å². The molecule has 130 valence electrons. The van der Waals surface area contributed by atoms with Crippen LogP contribution in [0.25, 0.3) is 0 Å². The minimum absolute atomic E-state index is 0.174. The summed E-state index contributed by atoms with van der Waals surface area (Å²) in [5, 5.41) is 16.8. The van der Waals surface area contributed by atoms with Gasteiger partial charge in [0.2, 0.25) is 0 Å². The van der Waals surface area contributed by atoms with Crippen molar-refractivity contribution >= 4 is 11.6 Å². The van der Waals surface area contributed by atoms with Crippen LogP contribution >= 0.6 is 11.6 Å². The van der Waals surface area contributed by atoms with Crippen molar-refractivity contribution in [1.29, 1.82) is 0 Å². The molecule has 1 fully saturated rings. The van der Waals surface area contributed by atoms with Gasteiger partial charge >= 0.3 is 0 Å². The summed E-state index contributed by atoms with van der Waals surface area (Å²) in [4.78, 5) is 4.03. The summed E-state index contributed by atoms with van der Waals surface area (Å²) in [7, 11) is 0. The highest BCUT2D eigenvalue weighted by atomic mass is 35.5. The predicted molar refractivity (Wildman–Crippen MR) is 95.9 cm³/mol. The molecular formula is C19H26ClN3O. The van der Waals surface area contributed by atoms with E-state index in [0.29, 0.717) is 6.54 Å².